The lowest BCUT2D eigenvalue weighted by atomic mass is 10.2. The maximum absolute atomic E-state index is 4.19. The van der Waals surface area contributed by atoms with Gasteiger partial charge >= 0.3 is 0 Å². The molecule has 0 aliphatic carbocycles. The van der Waals surface area contributed by atoms with E-state index in [9.17, 15) is 0 Å². The molecule has 1 fully saturated rings. The van der Waals surface area contributed by atoms with E-state index < -0.39 is 0 Å². The molecule has 1 N–H and O–H groups in total. The van der Waals surface area contributed by atoms with Crippen molar-refractivity contribution in [2.24, 2.45) is 0 Å². The summed E-state index contributed by atoms with van der Waals surface area (Å²) in [5.74, 6) is 1.000. The molecule has 5 heteroatoms. The molecule has 1 unspecified atom stereocenters. The summed E-state index contributed by atoms with van der Waals surface area (Å²) >= 11 is 0. The van der Waals surface area contributed by atoms with Crippen LogP contribution < -0.4 is 5.32 Å². The smallest absolute Gasteiger partial charge is 0.179 e. The highest BCUT2D eigenvalue weighted by Crippen LogP contribution is 2.21. The number of fused-ring (bicyclic) bond motifs is 1. The summed E-state index contributed by atoms with van der Waals surface area (Å²) in [6.07, 6.45) is 7.75. The fourth-order valence-electron chi connectivity index (χ4n) is 1.91. The molecule has 3 rings (SSSR count). The number of aromatic nitrogens is 4. The Balaban J connectivity index is 2.11. The van der Waals surface area contributed by atoms with Crippen LogP contribution in [0.5, 0.6) is 0 Å². The van der Waals surface area contributed by atoms with Gasteiger partial charge in [-0.3, -0.25) is 9.38 Å². The van der Waals surface area contributed by atoms with Crippen LogP contribution in [0.15, 0.2) is 18.6 Å². The Labute approximate surface area is 81.2 Å². The van der Waals surface area contributed by atoms with E-state index in [2.05, 4.69) is 20.5 Å². The highest BCUT2D eigenvalue weighted by Gasteiger charge is 2.21. The van der Waals surface area contributed by atoms with Crippen molar-refractivity contribution in [2.45, 2.75) is 18.9 Å². The average Bonchev–Trinajstić information content (AvgIpc) is 2.85. The zero-order valence-corrected chi connectivity index (χ0v) is 7.72. The molecule has 0 bridgehead atoms. The van der Waals surface area contributed by atoms with Gasteiger partial charge in [0.2, 0.25) is 0 Å². The summed E-state index contributed by atoms with van der Waals surface area (Å²) in [7, 11) is 0. The van der Waals surface area contributed by atoms with Gasteiger partial charge in [-0.05, 0) is 19.4 Å². The monoisotopic (exact) mass is 189 g/mol. The SMILES string of the molecule is c1cn2c(C3CCCN3)nnc2cn1. The molecule has 0 saturated carbocycles. The van der Waals surface area contributed by atoms with Gasteiger partial charge in [0.25, 0.3) is 0 Å². The van der Waals surface area contributed by atoms with E-state index >= 15 is 0 Å². The molecular weight excluding hydrogens is 178 g/mol. The minimum Gasteiger partial charge on any atom is -0.307 e. The second-order valence-corrected chi connectivity index (χ2v) is 3.51. The summed E-state index contributed by atoms with van der Waals surface area (Å²) < 4.78 is 2.00. The Bertz CT molecular complexity index is 443. The van der Waals surface area contributed by atoms with Crippen LogP contribution in [-0.2, 0) is 0 Å². The zero-order chi connectivity index (χ0) is 9.38. The van der Waals surface area contributed by atoms with Crippen LogP contribution in [-0.4, -0.2) is 26.1 Å². The molecule has 2 aromatic rings. The first-order chi connectivity index (χ1) is 6.95. The van der Waals surface area contributed by atoms with Gasteiger partial charge in [-0.1, -0.05) is 0 Å². The minimum atomic E-state index is 0.354. The Morgan fingerprint density at radius 3 is 3.29 bits per heavy atom. The van der Waals surface area contributed by atoms with E-state index in [1.54, 1.807) is 12.4 Å². The predicted molar refractivity (Wildman–Crippen MR) is 50.8 cm³/mol. The number of nitrogens with zero attached hydrogens (tertiary/aromatic N) is 4. The second kappa shape index (κ2) is 3.02. The molecule has 72 valence electrons. The van der Waals surface area contributed by atoms with Gasteiger partial charge in [-0.25, -0.2) is 0 Å². The summed E-state index contributed by atoms with van der Waals surface area (Å²) in [6, 6.07) is 0.354. The lowest BCUT2D eigenvalue weighted by Crippen LogP contribution is -2.15. The van der Waals surface area contributed by atoms with Crippen molar-refractivity contribution in [3.63, 3.8) is 0 Å². The summed E-state index contributed by atoms with van der Waals surface area (Å²) in [4.78, 5) is 4.01. The van der Waals surface area contributed by atoms with E-state index in [-0.39, 0.29) is 0 Å². The molecule has 14 heavy (non-hydrogen) atoms. The molecule has 1 saturated heterocycles. The van der Waals surface area contributed by atoms with Gasteiger partial charge < -0.3 is 5.32 Å². The maximum Gasteiger partial charge on any atom is 0.179 e. The molecule has 1 aliphatic heterocycles. The van der Waals surface area contributed by atoms with E-state index in [0.29, 0.717) is 6.04 Å². The molecule has 2 aromatic heterocycles. The molecule has 1 aliphatic rings. The first-order valence-electron chi connectivity index (χ1n) is 4.83. The maximum atomic E-state index is 4.19. The number of nitrogens with one attached hydrogen (secondary N) is 1. The van der Waals surface area contributed by atoms with E-state index in [4.69, 9.17) is 0 Å². The van der Waals surface area contributed by atoms with Gasteiger partial charge in [-0.15, -0.1) is 10.2 Å². The van der Waals surface area contributed by atoms with Gasteiger partial charge in [0.1, 0.15) is 0 Å². The molecule has 3 heterocycles. The predicted octanol–water partition coefficient (Wildman–Crippen LogP) is 0.549. The Hall–Kier alpha value is -1.49. The standard InChI is InChI=1S/C9H11N5/c1-2-7(11-3-1)9-13-12-8-6-10-4-5-14(8)9/h4-7,11H,1-3H2. The van der Waals surface area contributed by atoms with Crippen molar-refractivity contribution in [2.75, 3.05) is 6.54 Å². The number of hydrogen-bond donors (Lipinski definition) is 1. The van der Waals surface area contributed by atoms with Crippen molar-refractivity contribution in [1.82, 2.24) is 24.9 Å². The lowest BCUT2D eigenvalue weighted by Gasteiger charge is -2.06. The molecule has 5 nitrogen and oxygen atoms in total. The highest BCUT2D eigenvalue weighted by molar-refractivity contribution is 5.34. The van der Waals surface area contributed by atoms with Crippen molar-refractivity contribution in [1.29, 1.82) is 0 Å². The van der Waals surface area contributed by atoms with Crippen LogP contribution >= 0.6 is 0 Å². The molecular formula is C9H11N5. The van der Waals surface area contributed by atoms with E-state index in [0.717, 1.165) is 24.4 Å². The van der Waals surface area contributed by atoms with Crippen LogP contribution in [0.25, 0.3) is 5.65 Å². The van der Waals surface area contributed by atoms with Crippen molar-refractivity contribution in [3.8, 4) is 0 Å². The summed E-state index contributed by atoms with van der Waals surface area (Å²) in [5, 5.41) is 11.7. The second-order valence-electron chi connectivity index (χ2n) is 3.51. The first kappa shape index (κ1) is 7.87. The molecule has 0 amide bonds. The molecule has 0 radical (unpaired) electrons. The van der Waals surface area contributed by atoms with Crippen LogP contribution in [0.2, 0.25) is 0 Å². The highest BCUT2D eigenvalue weighted by atomic mass is 15.3. The number of rotatable bonds is 1. The average molecular weight is 189 g/mol. The zero-order valence-electron chi connectivity index (χ0n) is 7.72. The summed E-state index contributed by atoms with van der Waals surface area (Å²) in [5.41, 5.74) is 0.816. The van der Waals surface area contributed by atoms with Gasteiger partial charge in [-0.2, -0.15) is 0 Å². The Kier molecular flexibility index (Phi) is 1.70. The quantitative estimate of drug-likeness (QED) is 0.711. The van der Waals surface area contributed by atoms with Gasteiger partial charge in [0.15, 0.2) is 11.5 Å². The van der Waals surface area contributed by atoms with Crippen LogP contribution in [0.1, 0.15) is 24.7 Å². The molecule has 1 atom stereocenters. The van der Waals surface area contributed by atoms with Crippen molar-refractivity contribution in [3.05, 3.63) is 24.4 Å². The van der Waals surface area contributed by atoms with E-state index in [1.807, 2.05) is 10.6 Å². The van der Waals surface area contributed by atoms with Gasteiger partial charge in [0, 0.05) is 12.4 Å². The van der Waals surface area contributed by atoms with Crippen LogP contribution in [0.3, 0.4) is 0 Å². The van der Waals surface area contributed by atoms with Crippen molar-refractivity contribution >= 4 is 5.65 Å². The van der Waals surface area contributed by atoms with Crippen molar-refractivity contribution < 1.29 is 0 Å². The Morgan fingerprint density at radius 1 is 1.43 bits per heavy atom. The summed E-state index contributed by atoms with van der Waals surface area (Å²) in [6.45, 7) is 1.07. The third kappa shape index (κ3) is 1.09. The normalized spacial score (nSPS) is 21.9. The number of hydrogen-bond acceptors (Lipinski definition) is 4. The fourth-order valence-corrected chi connectivity index (χ4v) is 1.91. The Morgan fingerprint density at radius 2 is 2.43 bits per heavy atom. The largest absolute Gasteiger partial charge is 0.307 e. The van der Waals surface area contributed by atoms with Gasteiger partial charge in [0.05, 0.1) is 12.2 Å². The topological polar surface area (TPSA) is 55.1 Å². The fraction of sp³-hybridized carbons (Fsp3) is 0.444. The molecule has 0 aromatic carbocycles. The van der Waals surface area contributed by atoms with Crippen LogP contribution in [0.4, 0.5) is 0 Å². The first-order valence-corrected chi connectivity index (χ1v) is 4.83. The van der Waals surface area contributed by atoms with E-state index in [1.165, 1.54) is 6.42 Å². The molecule has 0 spiro atoms. The third-order valence-electron chi connectivity index (χ3n) is 2.61. The minimum absolute atomic E-state index is 0.354. The third-order valence-corrected chi connectivity index (χ3v) is 2.61. The lowest BCUT2D eigenvalue weighted by molar-refractivity contribution is 0.598. The van der Waals surface area contributed by atoms with Crippen LogP contribution in [0, 0.1) is 0 Å².